The number of carbonyl (C=O) groups is 1. The van der Waals surface area contributed by atoms with Crippen LogP contribution in [0.2, 0.25) is 0 Å². The Balaban J connectivity index is 0. The maximum Gasteiger partial charge on any atom is 0.178 e. The van der Waals surface area contributed by atoms with Gasteiger partial charge in [-0.25, -0.2) is 4.99 Å². The maximum absolute atomic E-state index is 11.0. The lowest BCUT2D eigenvalue weighted by Gasteiger charge is -2.11. The lowest BCUT2D eigenvalue weighted by molar-refractivity contribution is -0.110. The van der Waals surface area contributed by atoms with Gasteiger partial charge in [0.2, 0.25) is 0 Å². The molecule has 0 radical (unpaired) electrons. The number of rotatable bonds is 1. The van der Waals surface area contributed by atoms with Crippen LogP contribution in [0.25, 0.3) is 0 Å². The summed E-state index contributed by atoms with van der Waals surface area (Å²) >= 11 is 0. The van der Waals surface area contributed by atoms with E-state index in [2.05, 4.69) is 4.99 Å². The van der Waals surface area contributed by atoms with E-state index >= 15 is 0 Å². The van der Waals surface area contributed by atoms with Crippen molar-refractivity contribution in [3.63, 3.8) is 0 Å². The Bertz CT molecular complexity index is 601. The van der Waals surface area contributed by atoms with Crippen molar-refractivity contribution in [3.8, 4) is 0 Å². The molecular weight excluding hydrogens is 274 g/mol. The maximum atomic E-state index is 11.0. The van der Waals surface area contributed by atoms with E-state index in [4.69, 9.17) is 11.5 Å². The number of ketones is 1. The standard InChI is InChI=1S/C14H15N3O.3H2O/c1-8-7-12(14(16)9(2)13(8)15)17-10-3-5-11(18)6-4-10;;;/h3-7H,15-16H2,1-2H3;3*1H2. The van der Waals surface area contributed by atoms with Crippen molar-refractivity contribution >= 4 is 28.6 Å². The highest BCUT2D eigenvalue weighted by atomic mass is 16.1. The molecule has 1 aliphatic rings. The van der Waals surface area contributed by atoms with Gasteiger partial charge in [-0.3, -0.25) is 4.79 Å². The number of nitrogens with two attached hydrogens (primary N) is 2. The fraction of sp³-hybridized carbons (Fsp3) is 0.143. The number of nitrogens with zero attached hydrogens (tertiary/aromatic N) is 1. The molecule has 7 nitrogen and oxygen atoms in total. The topological polar surface area (TPSA) is 176 Å². The summed E-state index contributed by atoms with van der Waals surface area (Å²) in [5.74, 6) is -0.0356. The number of hydrogen-bond acceptors (Lipinski definition) is 4. The third kappa shape index (κ3) is 4.25. The van der Waals surface area contributed by atoms with E-state index in [-0.39, 0.29) is 22.2 Å². The van der Waals surface area contributed by atoms with Crippen molar-refractivity contribution in [2.75, 3.05) is 11.5 Å². The van der Waals surface area contributed by atoms with Crippen LogP contribution in [0.4, 0.5) is 17.1 Å². The molecule has 0 spiro atoms. The lowest BCUT2D eigenvalue weighted by atomic mass is 10.1. The number of carbonyl (C=O) groups excluding carboxylic acids is 1. The van der Waals surface area contributed by atoms with Crippen LogP contribution < -0.4 is 11.5 Å². The summed E-state index contributed by atoms with van der Waals surface area (Å²) in [5, 5.41) is 0. The van der Waals surface area contributed by atoms with E-state index in [9.17, 15) is 4.79 Å². The first-order valence-corrected chi connectivity index (χ1v) is 5.63. The molecule has 116 valence electrons. The first kappa shape index (κ1) is 20.8. The average molecular weight is 295 g/mol. The van der Waals surface area contributed by atoms with Gasteiger partial charge in [-0.1, -0.05) is 0 Å². The Morgan fingerprint density at radius 1 is 0.905 bits per heavy atom. The Hall–Kier alpha value is -2.48. The van der Waals surface area contributed by atoms with Crippen LogP contribution in [0, 0.1) is 13.8 Å². The summed E-state index contributed by atoms with van der Waals surface area (Å²) in [5.41, 5.74) is 16.3. The van der Waals surface area contributed by atoms with Crippen LogP contribution in [-0.2, 0) is 4.79 Å². The minimum atomic E-state index is -0.0356. The highest BCUT2D eigenvalue weighted by molar-refractivity contribution is 6.17. The molecule has 1 aromatic rings. The minimum absolute atomic E-state index is 0. The van der Waals surface area contributed by atoms with Gasteiger partial charge < -0.3 is 27.9 Å². The molecule has 1 aliphatic carbocycles. The van der Waals surface area contributed by atoms with E-state index in [0.717, 1.165) is 11.1 Å². The summed E-state index contributed by atoms with van der Waals surface area (Å²) in [7, 11) is 0. The summed E-state index contributed by atoms with van der Waals surface area (Å²) in [6, 6.07) is 1.85. The molecule has 0 fully saturated rings. The van der Waals surface area contributed by atoms with Gasteiger partial charge in [-0.05, 0) is 55.3 Å². The minimum Gasteiger partial charge on any atom is -0.412 e. The number of allylic oxidation sites excluding steroid dienone is 4. The van der Waals surface area contributed by atoms with Crippen LogP contribution in [0.5, 0.6) is 0 Å². The van der Waals surface area contributed by atoms with E-state index in [1.165, 1.54) is 12.2 Å². The van der Waals surface area contributed by atoms with Gasteiger partial charge in [0, 0.05) is 5.69 Å². The molecule has 0 amide bonds. The SMILES string of the molecule is Cc1cc(N=C2C=CC(=O)C=C2)c(N)c(C)c1N.O.O.O. The molecular formula is C14H21N3O4. The monoisotopic (exact) mass is 295 g/mol. The molecule has 0 saturated heterocycles. The molecule has 0 unspecified atom stereocenters. The van der Waals surface area contributed by atoms with E-state index in [0.29, 0.717) is 22.8 Å². The second kappa shape index (κ2) is 7.95. The van der Waals surface area contributed by atoms with Gasteiger partial charge in [0.25, 0.3) is 0 Å². The van der Waals surface area contributed by atoms with Gasteiger partial charge in [0.05, 0.1) is 17.1 Å². The predicted octanol–water partition coefficient (Wildman–Crippen LogP) is -0.239. The Kier molecular flexibility index (Phi) is 7.89. The van der Waals surface area contributed by atoms with Gasteiger partial charge in [-0.15, -0.1) is 0 Å². The van der Waals surface area contributed by atoms with Crippen molar-refractivity contribution < 1.29 is 21.2 Å². The van der Waals surface area contributed by atoms with Gasteiger partial charge >= 0.3 is 0 Å². The molecule has 1 aromatic carbocycles. The largest absolute Gasteiger partial charge is 0.412 e. The molecule has 0 bridgehead atoms. The molecule has 21 heavy (non-hydrogen) atoms. The highest BCUT2D eigenvalue weighted by Crippen LogP contribution is 2.32. The van der Waals surface area contributed by atoms with E-state index in [1.54, 1.807) is 12.2 Å². The van der Waals surface area contributed by atoms with E-state index < -0.39 is 0 Å². The van der Waals surface area contributed by atoms with Crippen molar-refractivity contribution in [3.05, 3.63) is 41.5 Å². The molecule has 7 heteroatoms. The number of aryl methyl sites for hydroxylation is 1. The first-order valence-electron chi connectivity index (χ1n) is 5.63. The average Bonchev–Trinajstić information content (AvgIpc) is 2.36. The predicted molar refractivity (Wildman–Crippen MR) is 86.0 cm³/mol. The smallest absolute Gasteiger partial charge is 0.178 e. The quantitative estimate of drug-likeness (QED) is 0.537. The fourth-order valence-electron chi connectivity index (χ4n) is 1.75. The third-order valence-corrected chi connectivity index (χ3v) is 2.95. The summed E-state index contributed by atoms with van der Waals surface area (Å²) in [4.78, 5) is 15.4. The normalized spacial score (nSPS) is 12.1. The van der Waals surface area contributed by atoms with Crippen molar-refractivity contribution in [2.45, 2.75) is 13.8 Å². The van der Waals surface area contributed by atoms with Crippen molar-refractivity contribution in [1.82, 2.24) is 0 Å². The molecule has 0 atom stereocenters. The van der Waals surface area contributed by atoms with Gasteiger partial charge in [-0.2, -0.15) is 0 Å². The van der Waals surface area contributed by atoms with Gasteiger partial charge in [0.15, 0.2) is 5.78 Å². The zero-order valence-electron chi connectivity index (χ0n) is 11.9. The molecule has 2 rings (SSSR count). The molecule has 0 aromatic heterocycles. The molecule has 0 heterocycles. The number of nitrogen functional groups attached to an aromatic ring is 2. The van der Waals surface area contributed by atoms with Crippen LogP contribution in [0.15, 0.2) is 35.4 Å². The van der Waals surface area contributed by atoms with Crippen LogP contribution in [0.1, 0.15) is 11.1 Å². The summed E-state index contributed by atoms with van der Waals surface area (Å²) in [6.07, 6.45) is 6.30. The van der Waals surface area contributed by atoms with Crippen LogP contribution in [-0.4, -0.2) is 27.9 Å². The number of benzene rings is 1. The number of aliphatic imine (C=N–C) groups is 1. The Morgan fingerprint density at radius 3 is 1.95 bits per heavy atom. The van der Waals surface area contributed by atoms with Crippen molar-refractivity contribution in [1.29, 1.82) is 0 Å². The second-order valence-electron chi connectivity index (χ2n) is 4.27. The van der Waals surface area contributed by atoms with Crippen LogP contribution >= 0.6 is 0 Å². The summed E-state index contributed by atoms with van der Waals surface area (Å²) in [6.45, 7) is 3.79. The number of anilines is 2. The highest BCUT2D eigenvalue weighted by Gasteiger charge is 2.09. The van der Waals surface area contributed by atoms with E-state index in [1.807, 2.05) is 19.9 Å². The second-order valence-corrected chi connectivity index (χ2v) is 4.27. The Morgan fingerprint density at radius 2 is 1.43 bits per heavy atom. The zero-order chi connectivity index (χ0) is 13.3. The van der Waals surface area contributed by atoms with Crippen LogP contribution in [0.3, 0.4) is 0 Å². The number of hydrogen-bond donors (Lipinski definition) is 2. The Labute approximate surface area is 122 Å². The van der Waals surface area contributed by atoms with Crippen molar-refractivity contribution in [2.24, 2.45) is 4.99 Å². The summed E-state index contributed by atoms with van der Waals surface area (Å²) < 4.78 is 0. The molecule has 0 saturated carbocycles. The first-order chi connectivity index (χ1) is 8.49. The van der Waals surface area contributed by atoms with Gasteiger partial charge in [0.1, 0.15) is 0 Å². The lowest BCUT2D eigenvalue weighted by Crippen LogP contribution is -2.01. The fourth-order valence-corrected chi connectivity index (χ4v) is 1.75. The third-order valence-electron chi connectivity index (χ3n) is 2.95. The zero-order valence-corrected chi connectivity index (χ0v) is 11.9. The molecule has 0 aliphatic heterocycles. The molecule has 10 N–H and O–H groups in total.